The Balaban J connectivity index is 1.69. The van der Waals surface area contributed by atoms with Gasteiger partial charge in [-0.05, 0) is 57.0 Å². The van der Waals surface area contributed by atoms with Crippen LogP contribution in [0.1, 0.15) is 48.7 Å². The number of rotatable bonds is 5. The van der Waals surface area contributed by atoms with Crippen molar-refractivity contribution in [2.24, 2.45) is 0 Å². The number of halogens is 2. The van der Waals surface area contributed by atoms with Crippen molar-refractivity contribution in [2.75, 3.05) is 18.1 Å². The Bertz CT molecular complexity index is 1100. The normalized spacial score (nSPS) is 17.0. The van der Waals surface area contributed by atoms with Crippen molar-refractivity contribution >= 4 is 17.1 Å². The molecule has 0 aliphatic carbocycles. The van der Waals surface area contributed by atoms with E-state index in [2.05, 4.69) is 10.4 Å². The highest BCUT2D eigenvalue weighted by Gasteiger charge is 2.29. The SMILES string of the molecule is CC(C)(CO)NC(=O)c1cnn2ccc(N3CCCC3c3cc(F)ccc3F)cc12. The van der Waals surface area contributed by atoms with Gasteiger partial charge in [-0.1, -0.05) is 0 Å². The number of anilines is 1. The van der Waals surface area contributed by atoms with Crippen LogP contribution < -0.4 is 10.2 Å². The first-order chi connectivity index (χ1) is 14.3. The Morgan fingerprint density at radius 2 is 2.10 bits per heavy atom. The number of hydrogen-bond acceptors (Lipinski definition) is 4. The van der Waals surface area contributed by atoms with Gasteiger partial charge in [0, 0.05) is 24.0 Å². The molecule has 1 aliphatic rings. The van der Waals surface area contributed by atoms with Crippen LogP contribution in [0.5, 0.6) is 0 Å². The number of carbonyl (C=O) groups is 1. The van der Waals surface area contributed by atoms with E-state index in [1.165, 1.54) is 12.3 Å². The molecule has 0 radical (unpaired) electrons. The van der Waals surface area contributed by atoms with Crippen LogP contribution in [0.25, 0.3) is 5.52 Å². The average Bonchev–Trinajstić information content (AvgIpc) is 3.36. The van der Waals surface area contributed by atoms with E-state index in [4.69, 9.17) is 0 Å². The number of fused-ring (bicyclic) bond motifs is 1. The molecule has 1 fully saturated rings. The number of amides is 1. The molecule has 1 unspecified atom stereocenters. The van der Waals surface area contributed by atoms with Gasteiger partial charge < -0.3 is 15.3 Å². The molecule has 30 heavy (non-hydrogen) atoms. The summed E-state index contributed by atoms with van der Waals surface area (Å²) >= 11 is 0. The van der Waals surface area contributed by atoms with E-state index in [-0.39, 0.29) is 18.6 Å². The maximum absolute atomic E-state index is 14.4. The number of nitrogens with one attached hydrogen (secondary N) is 1. The lowest BCUT2D eigenvalue weighted by atomic mass is 10.0. The summed E-state index contributed by atoms with van der Waals surface area (Å²) in [6.45, 7) is 3.96. The first-order valence-electron chi connectivity index (χ1n) is 9.91. The molecule has 6 nitrogen and oxygen atoms in total. The highest BCUT2D eigenvalue weighted by molar-refractivity contribution is 6.01. The van der Waals surface area contributed by atoms with Crippen molar-refractivity contribution in [3.8, 4) is 0 Å². The number of aliphatic hydroxyl groups is 1. The number of pyridine rings is 1. The van der Waals surface area contributed by atoms with Gasteiger partial charge in [0.05, 0.1) is 35.5 Å². The van der Waals surface area contributed by atoms with Crippen LogP contribution in [-0.4, -0.2) is 39.3 Å². The molecular weight excluding hydrogens is 390 g/mol. The molecular formula is C22H24F2N4O2. The van der Waals surface area contributed by atoms with E-state index in [1.54, 1.807) is 24.6 Å². The van der Waals surface area contributed by atoms with Gasteiger partial charge >= 0.3 is 0 Å². The molecule has 0 spiro atoms. The predicted molar refractivity (Wildman–Crippen MR) is 110 cm³/mol. The number of hydrogen-bond donors (Lipinski definition) is 2. The van der Waals surface area contributed by atoms with Crippen LogP contribution in [0.2, 0.25) is 0 Å². The highest BCUT2D eigenvalue weighted by Crippen LogP contribution is 2.38. The molecule has 1 aromatic carbocycles. The Hall–Kier alpha value is -3.00. The molecule has 8 heteroatoms. The zero-order valence-corrected chi connectivity index (χ0v) is 16.9. The summed E-state index contributed by atoms with van der Waals surface area (Å²) in [5.41, 5.74) is 1.36. The van der Waals surface area contributed by atoms with Gasteiger partial charge in [0.2, 0.25) is 0 Å². The second kappa shape index (κ2) is 7.68. The van der Waals surface area contributed by atoms with Crippen molar-refractivity contribution in [1.82, 2.24) is 14.9 Å². The third-order valence-corrected chi connectivity index (χ3v) is 5.50. The van der Waals surface area contributed by atoms with Crippen molar-refractivity contribution in [3.05, 3.63) is 65.5 Å². The van der Waals surface area contributed by atoms with Crippen LogP contribution in [0.15, 0.2) is 42.7 Å². The monoisotopic (exact) mass is 414 g/mol. The first-order valence-corrected chi connectivity index (χ1v) is 9.91. The third-order valence-electron chi connectivity index (χ3n) is 5.50. The summed E-state index contributed by atoms with van der Waals surface area (Å²) in [6.07, 6.45) is 4.79. The fourth-order valence-corrected chi connectivity index (χ4v) is 3.91. The van der Waals surface area contributed by atoms with Gasteiger partial charge in [-0.2, -0.15) is 5.10 Å². The maximum atomic E-state index is 14.4. The second-order valence-electron chi connectivity index (χ2n) is 8.29. The fraction of sp³-hybridized carbons (Fsp3) is 0.364. The summed E-state index contributed by atoms with van der Waals surface area (Å²) in [4.78, 5) is 14.7. The molecule has 1 amide bonds. The summed E-state index contributed by atoms with van der Waals surface area (Å²) in [6, 6.07) is 6.95. The zero-order chi connectivity index (χ0) is 21.5. The molecule has 3 aromatic rings. The van der Waals surface area contributed by atoms with E-state index >= 15 is 0 Å². The Labute approximate surface area is 173 Å². The molecule has 2 aromatic heterocycles. The van der Waals surface area contributed by atoms with Crippen LogP contribution in [0, 0.1) is 11.6 Å². The summed E-state index contributed by atoms with van der Waals surface area (Å²) in [7, 11) is 0. The van der Waals surface area contributed by atoms with Crippen LogP contribution in [0.4, 0.5) is 14.5 Å². The molecule has 4 rings (SSSR count). The van der Waals surface area contributed by atoms with Gasteiger partial charge in [0.1, 0.15) is 11.6 Å². The standard InChI is InChI=1S/C22H24F2N4O2/c1-22(2,13-29)26-21(30)17-12-25-28-9-7-15(11-20(17)28)27-8-3-4-19(27)16-10-14(23)5-6-18(16)24/h5-7,9-12,19,29H,3-4,8,13H2,1-2H3,(H,26,30). The highest BCUT2D eigenvalue weighted by atomic mass is 19.1. The molecule has 3 heterocycles. The largest absolute Gasteiger partial charge is 0.394 e. The Kier molecular flexibility index (Phi) is 5.19. The van der Waals surface area contributed by atoms with E-state index in [9.17, 15) is 18.7 Å². The van der Waals surface area contributed by atoms with Crippen LogP contribution >= 0.6 is 0 Å². The van der Waals surface area contributed by atoms with Crippen molar-refractivity contribution in [1.29, 1.82) is 0 Å². The lowest BCUT2D eigenvalue weighted by Crippen LogP contribution is -2.46. The number of aromatic nitrogens is 2. The number of aliphatic hydroxyl groups excluding tert-OH is 1. The fourth-order valence-electron chi connectivity index (χ4n) is 3.91. The second-order valence-corrected chi connectivity index (χ2v) is 8.29. The lowest BCUT2D eigenvalue weighted by Gasteiger charge is -2.27. The van der Waals surface area contributed by atoms with E-state index in [0.29, 0.717) is 29.6 Å². The first kappa shape index (κ1) is 20.3. The van der Waals surface area contributed by atoms with Gasteiger partial charge in [0.15, 0.2) is 0 Å². The van der Waals surface area contributed by atoms with Gasteiger partial charge in [-0.3, -0.25) is 4.79 Å². The van der Waals surface area contributed by atoms with Crippen molar-refractivity contribution in [3.63, 3.8) is 0 Å². The van der Waals surface area contributed by atoms with Gasteiger partial charge in [-0.15, -0.1) is 0 Å². The predicted octanol–water partition coefficient (Wildman–Crippen LogP) is 3.45. The minimum Gasteiger partial charge on any atom is -0.394 e. The zero-order valence-electron chi connectivity index (χ0n) is 16.9. The number of benzene rings is 1. The number of nitrogens with zero attached hydrogens (tertiary/aromatic N) is 3. The maximum Gasteiger partial charge on any atom is 0.255 e. The topological polar surface area (TPSA) is 69.9 Å². The van der Waals surface area contributed by atoms with Crippen molar-refractivity contribution < 1.29 is 18.7 Å². The van der Waals surface area contributed by atoms with Crippen molar-refractivity contribution in [2.45, 2.75) is 38.3 Å². The van der Waals surface area contributed by atoms with E-state index < -0.39 is 17.2 Å². The summed E-state index contributed by atoms with van der Waals surface area (Å²) in [5.74, 6) is -1.23. The minimum atomic E-state index is -0.766. The molecule has 0 bridgehead atoms. The van der Waals surface area contributed by atoms with Crippen LogP contribution in [0.3, 0.4) is 0 Å². The molecule has 2 N–H and O–H groups in total. The summed E-state index contributed by atoms with van der Waals surface area (Å²) < 4.78 is 29.7. The molecule has 1 atom stereocenters. The summed E-state index contributed by atoms with van der Waals surface area (Å²) in [5, 5.41) is 16.4. The van der Waals surface area contributed by atoms with E-state index in [0.717, 1.165) is 24.2 Å². The molecule has 0 saturated carbocycles. The Morgan fingerprint density at radius 1 is 1.30 bits per heavy atom. The van der Waals surface area contributed by atoms with Crippen LogP contribution in [-0.2, 0) is 0 Å². The lowest BCUT2D eigenvalue weighted by molar-refractivity contribution is 0.0871. The number of carbonyl (C=O) groups excluding carboxylic acids is 1. The average molecular weight is 414 g/mol. The smallest absolute Gasteiger partial charge is 0.255 e. The minimum absolute atomic E-state index is 0.197. The molecule has 158 valence electrons. The Morgan fingerprint density at radius 3 is 2.87 bits per heavy atom. The van der Waals surface area contributed by atoms with E-state index in [1.807, 2.05) is 17.0 Å². The van der Waals surface area contributed by atoms with Gasteiger partial charge in [-0.25, -0.2) is 13.3 Å². The molecule has 1 saturated heterocycles. The third kappa shape index (κ3) is 3.75. The molecule has 1 aliphatic heterocycles. The quantitative estimate of drug-likeness (QED) is 0.671. The van der Waals surface area contributed by atoms with Gasteiger partial charge in [0.25, 0.3) is 5.91 Å².